The number of nitrogens with one attached hydrogen (secondary N) is 1. The number of rotatable bonds is 3. The van der Waals surface area contributed by atoms with Gasteiger partial charge < -0.3 is 15.1 Å². The normalized spacial score (nSPS) is 30.5. The molecule has 2 heterocycles. The average molecular weight is 239 g/mol. The first-order valence-corrected chi connectivity index (χ1v) is 6.82. The molecule has 0 radical (unpaired) electrons. The molecule has 2 unspecified atom stereocenters. The molecule has 2 aliphatic heterocycles. The summed E-state index contributed by atoms with van der Waals surface area (Å²) in [6.45, 7) is 8.43. The summed E-state index contributed by atoms with van der Waals surface area (Å²) >= 11 is 0. The summed E-state index contributed by atoms with van der Waals surface area (Å²) in [5.41, 5.74) is 0. The monoisotopic (exact) mass is 239 g/mol. The van der Waals surface area contributed by atoms with Gasteiger partial charge in [0.05, 0.1) is 6.04 Å². The lowest BCUT2D eigenvalue weighted by Gasteiger charge is -2.27. The summed E-state index contributed by atoms with van der Waals surface area (Å²) in [6, 6.07) is 0.605. The van der Waals surface area contributed by atoms with E-state index in [9.17, 15) is 4.79 Å². The van der Waals surface area contributed by atoms with Crippen LogP contribution in [0.2, 0.25) is 0 Å². The van der Waals surface area contributed by atoms with E-state index in [2.05, 4.69) is 19.2 Å². The number of carbonyl (C=O) groups excluding carboxylic acids is 1. The highest BCUT2D eigenvalue weighted by molar-refractivity contribution is 5.76. The third-order valence-corrected chi connectivity index (χ3v) is 4.12. The summed E-state index contributed by atoms with van der Waals surface area (Å²) in [7, 11) is 1.94. The molecule has 0 spiro atoms. The third kappa shape index (κ3) is 2.73. The second kappa shape index (κ2) is 5.25. The third-order valence-electron chi connectivity index (χ3n) is 4.12. The minimum Gasteiger partial charge on any atom is -0.323 e. The van der Waals surface area contributed by atoms with Gasteiger partial charge in [0.1, 0.15) is 0 Å². The number of nitrogens with zero attached hydrogens (tertiary/aromatic N) is 2. The van der Waals surface area contributed by atoms with Crippen molar-refractivity contribution in [1.29, 1.82) is 0 Å². The van der Waals surface area contributed by atoms with Crippen molar-refractivity contribution in [1.82, 2.24) is 15.1 Å². The zero-order valence-electron chi connectivity index (χ0n) is 11.3. The van der Waals surface area contributed by atoms with Crippen molar-refractivity contribution in [2.45, 2.75) is 32.7 Å². The van der Waals surface area contributed by atoms with Gasteiger partial charge in [0.2, 0.25) is 0 Å². The van der Waals surface area contributed by atoms with Gasteiger partial charge in [0.25, 0.3) is 0 Å². The Kier molecular flexibility index (Phi) is 3.92. The lowest BCUT2D eigenvalue weighted by Crippen LogP contribution is -2.39. The molecule has 98 valence electrons. The molecule has 17 heavy (non-hydrogen) atoms. The van der Waals surface area contributed by atoms with E-state index in [0.717, 1.165) is 26.2 Å². The molecule has 1 N–H and O–H groups in total. The Morgan fingerprint density at radius 2 is 2.24 bits per heavy atom. The Bertz CT molecular complexity index is 274. The first-order chi connectivity index (χ1) is 8.09. The Morgan fingerprint density at radius 1 is 1.47 bits per heavy atom. The molecular formula is C13H25N3O. The molecule has 0 aromatic rings. The lowest BCUT2D eigenvalue weighted by molar-refractivity contribution is 0.183. The standard InChI is InChI=1S/C13H25N3O/c1-10(2)12-9-16(13(17)15(12)3)8-11-5-4-6-14-7-11/h10-12,14H,4-9H2,1-3H3. The number of hydrogen-bond acceptors (Lipinski definition) is 2. The van der Waals surface area contributed by atoms with Crippen LogP contribution in [0, 0.1) is 11.8 Å². The van der Waals surface area contributed by atoms with Gasteiger partial charge in [-0.3, -0.25) is 0 Å². The fourth-order valence-electron chi connectivity index (χ4n) is 2.99. The van der Waals surface area contributed by atoms with Gasteiger partial charge in [-0.25, -0.2) is 4.79 Å². The lowest BCUT2D eigenvalue weighted by atomic mass is 9.99. The Balaban J connectivity index is 1.91. The molecule has 4 nitrogen and oxygen atoms in total. The van der Waals surface area contributed by atoms with Crippen molar-refractivity contribution < 1.29 is 4.79 Å². The fourth-order valence-corrected chi connectivity index (χ4v) is 2.99. The number of urea groups is 1. The van der Waals surface area contributed by atoms with E-state index in [1.54, 1.807) is 0 Å². The maximum absolute atomic E-state index is 12.1. The van der Waals surface area contributed by atoms with Crippen LogP contribution >= 0.6 is 0 Å². The van der Waals surface area contributed by atoms with E-state index in [-0.39, 0.29) is 6.03 Å². The van der Waals surface area contributed by atoms with E-state index in [1.807, 2.05) is 16.8 Å². The van der Waals surface area contributed by atoms with Crippen molar-refractivity contribution in [3.05, 3.63) is 0 Å². The maximum atomic E-state index is 12.1. The van der Waals surface area contributed by atoms with Gasteiger partial charge in [-0.05, 0) is 37.8 Å². The van der Waals surface area contributed by atoms with E-state index in [1.165, 1.54) is 12.8 Å². The fraction of sp³-hybridized carbons (Fsp3) is 0.923. The molecule has 2 fully saturated rings. The van der Waals surface area contributed by atoms with Crippen molar-refractivity contribution >= 4 is 6.03 Å². The van der Waals surface area contributed by atoms with E-state index in [0.29, 0.717) is 17.9 Å². The number of carbonyl (C=O) groups is 1. The highest BCUT2D eigenvalue weighted by atomic mass is 16.2. The predicted octanol–water partition coefficient (Wildman–Crippen LogP) is 1.38. The largest absolute Gasteiger partial charge is 0.323 e. The maximum Gasteiger partial charge on any atom is 0.320 e. The zero-order valence-corrected chi connectivity index (χ0v) is 11.3. The summed E-state index contributed by atoms with van der Waals surface area (Å²) in [6.07, 6.45) is 2.50. The summed E-state index contributed by atoms with van der Waals surface area (Å²) in [4.78, 5) is 16.1. The summed E-state index contributed by atoms with van der Waals surface area (Å²) < 4.78 is 0. The smallest absolute Gasteiger partial charge is 0.320 e. The Morgan fingerprint density at radius 3 is 2.76 bits per heavy atom. The molecule has 0 aromatic carbocycles. The van der Waals surface area contributed by atoms with Crippen LogP contribution in [0.5, 0.6) is 0 Å². The van der Waals surface area contributed by atoms with Crippen LogP contribution < -0.4 is 5.32 Å². The first-order valence-electron chi connectivity index (χ1n) is 6.82. The van der Waals surface area contributed by atoms with Gasteiger partial charge in [-0.2, -0.15) is 0 Å². The molecular weight excluding hydrogens is 214 g/mol. The molecule has 2 aliphatic rings. The van der Waals surface area contributed by atoms with Gasteiger partial charge in [-0.1, -0.05) is 13.8 Å². The van der Waals surface area contributed by atoms with Crippen LogP contribution in [0.15, 0.2) is 0 Å². The van der Waals surface area contributed by atoms with Crippen LogP contribution in [0.4, 0.5) is 4.79 Å². The van der Waals surface area contributed by atoms with Crippen LogP contribution in [-0.4, -0.2) is 55.1 Å². The van der Waals surface area contributed by atoms with E-state index < -0.39 is 0 Å². The molecule has 2 amide bonds. The summed E-state index contributed by atoms with van der Waals surface area (Å²) in [5.74, 6) is 1.19. The van der Waals surface area contributed by atoms with Gasteiger partial charge in [0.15, 0.2) is 0 Å². The first kappa shape index (κ1) is 12.7. The van der Waals surface area contributed by atoms with Crippen LogP contribution in [-0.2, 0) is 0 Å². The highest BCUT2D eigenvalue weighted by Crippen LogP contribution is 2.22. The van der Waals surface area contributed by atoms with Crippen LogP contribution in [0.25, 0.3) is 0 Å². The molecule has 0 aliphatic carbocycles. The van der Waals surface area contributed by atoms with Crippen molar-refractivity contribution in [2.24, 2.45) is 11.8 Å². The topological polar surface area (TPSA) is 35.6 Å². The van der Waals surface area contributed by atoms with Crippen molar-refractivity contribution in [3.8, 4) is 0 Å². The van der Waals surface area contributed by atoms with Gasteiger partial charge >= 0.3 is 6.03 Å². The molecule has 0 aromatic heterocycles. The number of likely N-dealkylation sites (N-methyl/N-ethyl adjacent to an activating group) is 1. The highest BCUT2D eigenvalue weighted by Gasteiger charge is 2.36. The second-order valence-corrected chi connectivity index (χ2v) is 5.82. The average Bonchev–Trinajstić information content (AvgIpc) is 2.59. The molecule has 4 heteroatoms. The van der Waals surface area contributed by atoms with Crippen LogP contribution in [0.1, 0.15) is 26.7 Å². The SMILES string of the molecule is CC(C)C1CN(CC2CCCNC2)C(=O)N1C. The minimum absolute atomic E-state index is 0.217. The molecule has 2 saturated heterocycles. The Labute approximate surface area is 104 Å². The molecule has 2 atom stereocenters. The number of piperidine rings is 1. The second-order valence-electron chi connectivity index (χ2n) is 5.82. The quantitative estimate of drug-likeness (QED) is 0.807. The molecule has 0 saturated carbocycles. The van der Waals surface area contributed by atoms with Crippen LogP contribution in [0.3, 0.4) is 0 Å². The predicted molar refractivity (Wildman–Crippen MR) is 69.0 cm³/mol. The van der Waals surface area contributed by atoms with E-state index in [4.69, 9.17) is 0 Å². The molecule has 0 bridgehead atoms. The number of hydrogen-bond donors (Lipinski definition) is 1. The van der Waals surface area contributed by atoms with Crippen molar-refractivity contribution in [2.75, 3.05) is 33.2 Å². The van der Waals surface area contributed by atoms with Gasteiger partial charge in [0, 0.05) is 20.1 Å². The molecule has 2 rings (SSSR count). The van der Waals surface area contributed by atoms with Crippen molar-refractivity contribution in [3.63, 3.8) is 0 Å². The number of amides is 2. The minimum atomic E-state index is 0.217. The summed E-state index contributed by atoms with van der Waals surface area (Å²) in [5, 5.41) is 3.42. The zero-order chi connectivity index (χ0) is 12.4. The van der Waals surface area contributed by atoms with E-state index >= 15 is 0 Å². The van der Waals surface area contributed by atoms with Gasteiger partial charge in [-0.15, -0.1) is 0 Å². The Hall–Kier alpha value is -0.770.